The Morgan fingerprint density at radius 3 is 2.48 bits per heavy atom. The van der Waals surface area contributed by atoms with E-state index in [1.54, 1.807) is 0 Å². The Kier molecular flexibility index (Phi) is 4.41. The fraction of sp³-hybridized carbons (Fsp3) is 0.353. The van der Waals surface area contributed by atoms with Crippen LogP contribution in [0, 0.1) is 5.92 Å². The van der Waals surface area contributed by atoms with Crippen molar-refractivity contribution in [1.29, 1.82) is 0 Å². The number of nitrogens with one attached hydrogen (secondary N) is 2. The number of carbonyl (C=O) groups is 2. The largest absolute Gasteiger partial charge is 0.481 e. The Labute approximate surface area is 133 Å². The van der Waals surface area contributed by atoms with E-state index in [0.29, 0.717) is 36.9 Å². The van der Waals surface area contributed by atoms with Crippen molar-refractivity contribution in [1.82, 2.24) is 15.5 Å². The fourth-order valence-corrected chi connectivity index (χ4v) is 3.03. The van der Waals surface area contributed by atoms with Crippen molar-refractivity contribution in [2.24, 2.45) is 5.92 Å². The van der Waals surface area contributed by atoms with Crippen LogP contribution in [-0.4, -0.2) is 33.2 Å². The molecule has 0 spiro atoms. The molecule has 23 heavy (non-hydrogen) atoms. The first-order chi connectivity index (χ1) is 11.1. The van der Waals surface area contributed by atoms with Crippen molar-refractivity contribution in [2.75, 3.05) is 0 Å². The molecule has 120 valence electrons. The van der Waals surface area contributed by atoms with Gasteiger partial charge in [0.15, 0.2) is 0 Å². The summed E-state index contributed by atoms with van der Waals surface area (Å²) in [7, 11) is 0. The highest BCUT2D eigenvalue weighted by Gasteiger charge is 2.27. The van der Waals surface area contributed by atoms with Crippen molar-refractivity contribution < 1.29 is 14.7 Å². The summed E-state index contributed by atoms with van der Waals surface area (Å²) in [5.41, 5.74) is 2.11. The van der Waals surface area contributed by atoms with E-state index in [0.717, 1.165) is 5.56 Å². The average Bonchev–Trinajstić information content (AvgIpc) is 3.06. The van der Waals surface area contributed by atoms with E-state index in [1.165, 1.54) is 6.20 Å². The lowest BCUT2D eigenvalue weighted by molar-refractivity contribution is -0.142. The zero-order chi connectivity index (χ0) is 16.2. The maximum Gasteiger partial charge on any atom is 0.306 e. The number of carboxylic acid groups (broad SMARTS) is 1. The Balaban J connectivity index is 1.66. The number of hydrogen-bond donors (Lipinski definition) is 3. The molecule has 0 bridgehead atoms. The second kappa shape index (κ2) is 6.64. The molecular weight excluding hydrogens is 294 g/mol. The second-order valence-electron chi connectivity index (χ2n) is 5.88. The molecule has 1 aliphatic carbocycles. The molecule has 6 nitrogen and oxygen atoms in total. The number of rotatable bonds is 4. The van der Waals surface area contributed by atoms with E-state index >= 15 is 0 Å². The van der Waals surface area contributed by atoms with Gasteiger partial charge in [-0.2, -0.15) is 5.10 Å². The molecule has 1 saturated carbocycles. The first kappa shape index (κ1) is 15.3. The van der Waals surface area contributed by atoms with Crippen LogP contribution in [0.25, 0.3) is 11.3 Å². The van der Waals surface area contributed by atoms with Crippen LogP contribution in [0.4, 0.5) is 0 Å². The summed E-state index contributed by atoms with van der Waals surface area (Å²) in [5.74, 6) is -1.19. The van der Waals surface area contributed by atoms with Crippen LogP contribution in [-0.2, 0) is 4.79 Å². The monoisotopic (exact) mass is 313 g/mol. The van der Waals surface area contributed by atoms with Gasteiger partial charge in [-0.05, 0) is 25.7 Å². The van der Waals surface area contributed by atoms with Crippen molar-refractivity contribution in [3.63, 3.8) is 0 Å². The van der Waals surface area contributed by atoms with Crippen LogP contribution >= 0.6 is 0 Å². The molecule has 0 radical (unpaired) electrons. The van der Waals surface area contributed by atoms with Gasteiger partial charge >= 0.3 is 5.97 Å². The second-order valence-corrected chi connectivity index (χ2v) is 5.88. The molecule has 1 aromatic heterocycles. The quantitative estimate of drug-likeness (QED) is 0.808. The Bertz CT molecular complexity index is 688. The van der Waals surface area contributed by atoms with Crippen LogP contribution in [0.15, 0.2) is 36.5 Å². The number of H-pyrrole nitrogens is 1. The Hall–Kier alpha value is -2.63. The number of benzene rings is 1. The van der Waals surface area contributed by atoms with Gasteiger partial charge in [-0.25, -0.2) is 0 Å². The van der Waals surface area contributed by atoms with Gasteiger partial charge in [0.1, 0.15) is 0 Å². The molecule has 1 aliphatic rings. The minimum absolute atomic E-state index is 0.0247. The van der Waals surface area contributed by atoms with Gasteiger partial charge in [-0.1, -0.05) is 30.3 Å². The lowest BCUT2D eigenvalue weighted by Crippen LogP contribution is -2.38. The van der Waals surface area contributed by atoms with E-state index < -0.39 is 5.97 Å². The fourth-order valence-electron chi connectivity index (χ4n) is 3.03. The van der Waals surface area contributed by atoms with Gasteiger partial charge < -0.3 is 10.4 Å². The van der Waals surface area contributed by atoms with Gasteiger partial charge in [0.25, 0.3) is 5.91 Å². The van der Waals surface area contributed by atoms with Crippen molar-refractivity contribution >= 4 is 11.9 Å². The third kappa shape index (κ3) is 3.41. The Morgan fingerprint density at radius 2 is 1.83 bits per heavy atom. The maximum absolute atomic E-state index is 12.5. The highest BCUT2D eigenvalue weighted by molar-refractivity contribution is 5.99. The molecule has 0 unspecified atom stereocenters. The summed E-state index contributed by atoms with van der Waals surface area (Å²) in [6.07, 6.45) is 4.14. The SMILES string of the molecule is O=C(NC1CCC(C(=O)O)CC1)c1cn[nH]c1-c1ccccc1. The predicted molar refractivity (Wildman–Crippen MR) is 84.9 cm³/mol. The normalized spacial score (nSPS) is 20.9. The summed E-state index contributed by atoms with van der Waals surface area (Å²) < 4.78 is 0. The average molecular weight is 313 g/mol. The van der Waals surface area contributed by atoms with Crippen molar-refractivity contribution in [2.45, 2.75) is 31.7 Å². The minimum Gasteiger partial charge on any atom is -0.481 e. The number of aliphatic carboxylic acids is 1. The van der Waals surface area contributed by atoms with Gasteiger partial charge in [-0.15, -0.1) is 0 Å². The molecule has 0 aliphatic heterocycles. The molecule has 0 atom stereocenters. The number of carbonyl (C=O) groups excluding carboxylic acids is 1. The lowest BCUT2D eigenvalue weighted by atomic mass is 9.86. The van der Waals surface area contributed by atoms with E-state index in [9.17, 15) is 9.59 Å². The van der Waals surface area contributed by atoms with E-state index in [2.05, 4.69) is 15.5 Å². The van der Waals surface area contributed by atoms with Crippen LogP contribution < -0.4 is 5.32 Å². The first-order valence-electron chi connectivity index (χ1n) is 7.77. The van der Waals surface area contributed by atoms with Crippen LogP contribution in [0.5, 0.6) is 0 Å². The number of nitrogens with zero attached hydrogens (tertiary/aromatic N) is 1. The van der Waals surface area contributed by atoms with E-state index in [4.69, 9.17) is 5.11 Å². The molecular formula is C17H19N3O3. The summed E-state index contributed by atoms with van der Waals surface area (Å²) in [5, 5.41) is 18.9. The van der Waals surface area contributed by atoms with Crippen LogP contribution in [0.3, 0.4) is 0 Å². The van der Waals surface area contributed by atoms with Gasteiger partial charge in [0.05, 0.1) is 23.4 Å². The zero-order valence-corrected chi connectivity index (χ0v) is 12.7. The van der Waals surface area contributed by atoms with Crippen LogP contribution in [0.1, 0.15) is 36.0 Å². The molecule has 2 aromatic rings. The smallest absolute Gasteiger partial charge is 0.306 e. The summed E-state index contributed by atoms with van der Waals surface area (Å²) >= 11 is 0. The van der Waals surface area contributed by atoms with Gasteiger partial charge in [0, 0.05) is 11.6 Å². The topological polar surface area (TPSA) is 95.1 Å². The molecule has 3 N–H and O–H groups in total. The molecule has 1 heterocycles. The molecule has 1 aromatic carbocycles. The first-order valence-corrected chi connectivity index (χ1v) is 7.77. The van der Waals surface area contributed by atoms with Crippen molar-refractivity contribution in [3.8, 4) is 11.3 Å². The highest BCUT2D eigenvalue weighted by atomic mass is 16.4. The maximum atomic E-state index is 12.5. The van der Waals surface area contributed by atoms with Gasteiger partial charge in [0.2, 0.25) is 0 Å². The number of hydrogen-bond acceptors (Lipinski definition) is 3. The molecule has 1 amide bonds. The number of aromatic amines is 1. The molecule has 3 rings (SSSR count). The van der Waals surface area contributed by atoms with Crippen LogP contribution in [0.2, 0.25) is 0 Å². The van der Waals surface area contributed by atoms with E-state index in [-0.39, 0.29) is 17.9 Å². The van der Waals surface area contributed by atoms with E-state index in [1.807, 2.05) is 30.3 Å². The summed E-state index contributed by atoms with van der Waals surface area (Å²) in [4.78, 5) is 23.5. The number of carboxylic acids is 1. The third-order valence-electron chi connectivity index (χ3n) is 4.36. The number of amides is 1. The predicted octanol–water partition coefficient (Wildman–Crippen LogP) is 2.45. The Morgan fingerprint density at radius 1 is 1.13 bits per heavy atom. The van der Waals surface area contributed by atoms with Gasteiger partial charge in [-0.3, -0.25) is 14.7 Å². The van der Waals surface area contributed by atoms with Crippen molar-refractivity contribution in [3.05, 3.63) is 42.1 Å². The summed E-state index contributed by atoms with van der Waals surface area (Å²) in [6, 6.07) is 9.60. The minimum atomic E-state index is -0.740. The molecule has 6 heteroatoms. The zero-order valence-electron chi connectivity index (χ0n) is 12.7. The highest BCUT2D eigenvalue weighted by Crippen LogP contribution is 2.25. The molecule has 1 fully saturated rings. The third-order valence-corrected chi connectivity index (χ3v) is 4.36. The lowest BCUT2D eigenvalue weighted by Gasteiger charge is -2.26. The standard InChI is InChI=1S/C17H19N3O3/c21-16(19-13-8-6-12(7-9-13)17(22)23)14-10-18-20-15(14)11-4-2-1-3-5-11/h1-5,10,12-13H,6-9H2,(H,18,20)(H,19,21)(H,22,23). The number of aromatic nitrogens is 2. The molecule has 0 saturated heterocycles. The summed E-state index contributed by atoms with van der Waals surface area (Å²) in [6.45, 7) is 0.